The molecule has 0 bridgehead atoms. The maximum Gasteiger partial charge on any atom is 0.254 e. The summed E-state index contributed by atoms with van der Waals surface area (Å²) in [5.41, 5.74) is 5.89. The number of fused-ring (bicyclic) bond motifs is 1. The molecule has 0 radical (unpaired) electrons. The van der Waals surface area contributed by atoms with Gasteiger partial charge < -0.3 is 19.6 Å². The molecular weight excluding hydrogens is 514 g/mol. The Morgan fingerprint density at radius 3 is 2.59 bits per heavy atom. The standard InChI is InChI=1S/C30H34ClN5O3/c1-5-35(4)9-7-20-11-24(25-13-21(18-37)16-34-29(25)31)23-8-10-36(30(38)26(23)12-20)19(3)27-14-28(39-6-2)22(15-32)17-33-27/h11-14,16-17,19,37H,5-10,18H2,1-4H3. The molecule has 2 aromatic heterocycles. The number of amides is 1. The Morgan fingerprint density at radius 1 is 1.15 bits per heavy atom. The number of halogens is 1. The van der Waals surface area contributed by atoms with Crippen LogP contribution < -0.4 is 4.74 Å². The molecule has 1 unspecified atom stereocenters. The number of carbonyl (C=O) groups excluding carboxylic acids is 1. The van der Waals surface area contributed by atoms with Gasteiger partial charge in [-0.25, -0.2) is 4.98 Å². The van der Waals surface area contributed by atoms with Crippen molar-refractivity contribution in [2.75, 3.05) is 33.3 Å². The van der Waals surface area contributed by atoms with E-state index in [9.17, 15) is 15.2 Å². The van der Waals surface area contributed by atoms with E-state index in [-0.39, 0.29) is 18.6 Å². The van der Waals surface area contributed by atoms with E-state index in [4.69, 9.17) is 16.3 Å². The van der Waals surface area contributed by atoms with Gasteiger partial charge in [0.1, 0.15) is 22.5 Å². The predicted octanol–water partition coefficient (Wildman–Crippen LogP) is 4.81. The molecule has 1 N–H and O–H groups in total. The van der Waals surface area contributed by atoms with E-state index < -0.39 is 0 Å². The summed E-state index contributed by atoms with van der Waals surface area (Å²) in [6.07, 6.45) is 4.47. The van der Waals surface area contributed by atoms with Crippen LogP contribution in [0, 0.1) is 11.3 Å². The summed E-state index contributed by atoms with van der Waals surface area (Å²) < 4.78 is 5.65. The van der Waals surface area contributed by atoms with Crippen LogP contribution in [0.25, 0.3) is 11.1 Å². The van der Waals surface area contributed by atoms with E-state index in [2.05, 4.69) is 41.0 Å². The first kappa shape index (κ1) is 28.5. The molecule has 1 aliphatic heterocycles. The van der Waals surface area contributed by atoms with Gasteiger partial charge in [0.15, 0.2) is 0 Å². The van der Waals surface area contributed by atoms with Gasteiger partial charge in [-0.3, -0.25) is 9.78 Å². The average Bonchev–Trinajstić information content (AvgIpc) is 2.96. The number of hydrogen-bond acceptors (Lipinski definition) is 7. The topological polar surface area (TPSA) is 103 Å². The minimum Gasteiger partial charge on any atom is -0.492 e. The van der Waals surface area contributed by atoms with Gasteiger partial charge in [0.05, 0.1) is 24.9 Å². The monoisotopic (exact) mass is 547 g/mol. The number of nitriles is 1. The molecule has 8 nitrogen and oxygen atoms in total. The van der Waals surface area contributed by atoms with Gasteiger partial charge in [-0.1, -0.05) is 24.6 Å². The van der Waals surface area contributed by atoms with Crippen LogP contribution in [0.15, 0.2) is 36.7 Å². The predicted molar refractivity (Wildman–Crippen MR) is 151 cm³/mol. The smallest absolute Gasteiger partial charge is 0.254 e. The molecule has 1 aliphatic rings. The average molecular weight is 548 g/mol. The Morgan fingerprint density at radius 2 is 1.90 bits per heavy atom. The lowest BCUT2D eigenvalue weighted by Crippen LogP contribution is -2.40. The maximum absolute atomic E-state index is 14.0. The molecule has 0 fully saturated rings. The molecule has 0 spiro atoms. The number of carbonyl (C=O) groups is 1. The van der Waals surface area contributed by atoms with Gasteiger partial charge in [0.2, 0.25) is 0 Å². The van der Waals surface area contributed by atoms with Crippen LogP contribution in [-0.4, -0.2) is 64.1 Å². The van der Waals surface area contributed by atoms with Crippen LogP contribution >= 0.6 is 11.6 Å². The number of pyridine rings is 2. The third-order valence-corrected chi connectivity index (χ3v) is 7.60. The van der Waals surface area contributed by atoms with Crippen molar-refractivity contribution in [1.82, 2.24) is 19.8 Å². The van der Waals surface area contributed by atoms with E-state index in [1.54, 1.807) is 12.3 Å². The van der Waals surface area contributed by atoms with Gasteiger partial charge in [-0.05, 0) is 74.7 Å². The van der Waals surface area contributed by atoms with Crippen LogP contribution in [0.5, 0.6) is 5.75 Å². The van der Waals surface area contributed by atoms with Gasteiger partial charge >= 0.3 is 0 Å². The van der Waals surface area contributed by atoms with Crippen LogP contribution in [0.4, 0.5) is 0 Å². The van der Waals surface area contributed by atoms with Crippen molar-refractivity contribution in [1.29, 1.82) is 5.26 Å². The molecule has 3 aromatic rings. The van der Waals surface area contributed by atoms with Gasteiger partial charge in [0, 0.05) is 42.7 Å². The molecular formula is C30H34ClN5O3. The first-order valence-corrected chi connectivity index (χ1v) is 13.6. The van der Waals surface area contributed by atoms with Crippen LogP contribution in [-0.2, 0) is 19.4 Å². The first-order chi connectivity index (χ1) is 18.8. The van der Waals surface area contributed by atoms with E-state index in [1.807, 2.05) is 30.9 Å². The van der Waals surface area contributed by atoms with Gasteiger partial charge in [0.25, 0.3) is 5.91 Å². The first-order valence-electron chi connectivity index (χ1n) is 13.2. The minimum absolute atomic E-state index is 0.0813. The number of hydrogen-bond donors (Lipinski definition) is 1. The van der Waals surface area contributed by atoms with Crippen LogP contribution in [0.1, 0.15) is 65.1 Å². The molecule has 0 saturated carbocycles. The second-order valence-electron chi connectivity index (χ2n) is 9.73. The third kappa shape index (κ3) is 6.06. The quantitative estimate of drug-likeness (QED) is 0.363. The number of nitrogens with zero attached hydrogens (tertiary/aromatic N) is 5. The maximum atomic E-state index is 14.0. The molecule has 39 heavy (non-hydrogen) atoms. The van der Waals surface area contributed by atoms with Crippen molar-refractivity contribution in [2.45, 2.75) is 46.3 Å². The Bertz CT molecular complexity index is 1400. The largest absolute Gasteiger partial charge is 0.492 e. The van der Waals surface area contributed by atoms with E-state index >= 15 is 0 Å². The van der Waals surface area contributed by atoms with E-state index in [1.165, 1.54) is 6.20 Å². The molecule has 204 valence electrons. The highest BCUT2D eigenvalue weighted by atomic mass is 35.5. The van der Waals surface area contributed by atoms with Crippen molar-refractivity contribution in [3.63, 3.8) is 0 Å². The summed E-state index contributed by atoms with van der Waals surface area (Å²) in [6.45, 7) is 8.47. The number of aliphatic hydroxyl groups excluding tert-OH is 1. The highest BCUT2D eigenvalue weighted by molar-refractivity contribution is 6.32. The van der Waals surface area contributed by atoms with Crippen molar-refractivity contribution in [2.24, 2.45) is 0 Å². The zero-order chi connectivity index (χ0) is 28.1. The zero-order valence-corrected chi connectivity index (χ0v) is 23.6. The zero-order valence-electron chi connectivity index (χ0n) is 22.9. The summed E-state index contributed by atoms with van der Waals surface area (Å²) in [5.74, 6) is 0.388. The normalized spacial score (nSPS) is 13.8. The summed E-state index contributed by atoms with van der Waals surface area (Å²) in [4.78, 5) is 26.8. The molecule has 1 atom stereocenters. The Balaban J connectivity index is 1.76. The minimum atomic E-state index is -0.320. The Kier molecular flexibility index (Phi) is 9.18. The van der Waals surface area contributed by atoms with Crippen LogP contribution in [0.2, 0.25) is 5.15 Å². The number of aliphatic hydroxyl groups is 1. The molecule has 9 heteroatoms. The second-order valence-corrected chi connectivity index (χ2v) is 10.1. The molecule has 4 rings (SSSR count). The molecule has 0 aliphatic carbocycles. The van der Waals surface area contributed by atoms with Crippen molar-refractivity contribution in [3.8, 4) is 22.9 Å². The third-order valence-electron chi connectivity index (χ3n) is 7.30. The number of benzene rings is 1. The summed E-state index contributed by atoms with van der Waals surface area (Å²) in [5, 5.41) is 19.5. The molecule has 1 aromatic carbocycles. The fraction of sp³-hybridized carbons (Fsp3) is 0.400. The van der Waals surface area contributed by atoms with Gasteiger partial charge in [-0.2, -0.15) is 5.26 Å². The number of likely N-dealkylation sites (N-methyl/N-ethyl adjacent to an activating group) is 1. The highest BCUT2D eigenvalue weighted by Gasteiger charge is 2.32. The number of aromatic nitrogens is 2. The molecule has 1 amide bonds. The van der Waals surface area contributed by atoms with Gasteiger partial charge in [-0.15, -0.1) is 0 Å². The lowest BCUT2D eigenvalue weighted by atomic mass is 9.87. The lowest BCUT2D eigenvalue weighted by molar-refractivity contribution is 0.0669. The number of ether oxygens (including phenoxy) is 1. The molecule has 0 saturated heterocycles. The van der Waals surface area contributed by atoms with E-state index in [0.29, 0.717) is 52.9 Å². The fourth-order valence-electron chi connectivity index (χ4n) is 4.88. The van der Waals surface area contributed by atoms with E-state index in [0.717, 1.165) is 41.8 Å². The fourth-order valence-corrected chi connectivity index (χ4v) is 5.08. The summed E-state index contributed by atoms with van der Waals surface area (Å²) in [7, 11) is 2.07. The SMILES string of the molecule is CCOc1cc(C(C)N2CCc3c(cc(CCN(C)CC)cc3-c3cc(CO)cnc3Cl)C2=O)ncc1C#N. The molecule has 3 heterocycles. The summed E-state index contributed by atoms with van der Waals surface area (Å²) >= 11 is 6.55. The van der Waals surface area contributed by atoms with Crippen molar-refractivity contribution < 1.29 is 14.6 Å². The van der Waals surface area contributed by atoms with Crippen molar-refractivity contribution >= 4 is 17.5 Å². The lowest BCUT2D eigenvalue weighted by Gasteiger charge is -2.35. The Hall–Kier alpha value is -3.51. The van der Waals surface area contributed by atoms with Crippen molar-refractivity contribution in [3.05, 3.63) is 75.3 Å². The Labute approximate surface area is 234 Å². The van der Waals surface area contributed by atoms with Crippen LogP contribution in [0.3, 0.4) is 0 Å². The second kappa shape index (κ2) is 12.6. The number of rotatable bonds is 10. The highest BCUT2D eigenvalue weighted by Crippen LogP contribution is 2.37. The summed E-state index contributed by atoms with van der Waals surface area (Å²) in [6, 6.07) is 9.50.